The highest BCUT2D eigenvalue weighted by Gasteiger charge is 2.08. The van der Waals surface area contributed by atoms with Crippen molar-refractivity contribution in [3.63, 3.8) is 0 Å². The first-order valence-electron chi connectivity index (χ1n) is 6.68. The molecule has 2 rings (SSSR count). The maximum atomic E-state index is 5.88. The number of aryl methyl sites for hydroxylation is 1. The summed E-state index contributed by atoms with van der Waals surface area (Å²) in [7, 11) is 1.93. The Kier molecular flexibility index (Phi) is 5.20. The third-order valence-electron chi connectivity index (χ3n) is 3.19. The van der Waals surface area contributed by atoms with E-state index in [-0.39, 0.29) is 0 Å². The molecule has 0 amide bonds. The van der Waals surface area contributed by atoms with Gasteiger partial charge in [0.25, 0.3) is 0 Å². The molecule has 5 heteroatoms. The van der Waals surface area contributed by atoms with E-state index in [2.05, 4.69) is 39.3 Å². The fourth-order valence-electron chi connectivity index (χ4n) is 2.12. The van der Waals surface area contributed by atoms with Crippen LogP contribution in [0.25, 0.3) is 0 Å². The van der Waals surface area contributed by atoms with Gasteiger partial charge < -0.3 is 10.1 Å². The molecular weight excluding hydrogens is 318 g/mol. The topological polar surface area (TPSA) is 39.1 Å². The summed E-state index contributed by atoms with van der Waals surface area (Å²) in [6.45, 7) is 6.21. The molecule has 0 saturated carbocycles. The molecule has 1 aromatic carbocycles. The van der Waals surface area contributed by atoms with E-state index in [1.165, 1.54) is 5.56 Å². The number of halogens is 1. The highest BCUT2D eigenvalue weighted by atomic mass is 79.9. The van der Waals surface area contributed by atoms with Crippen molar-refractivity contribution in [2.24, 2.45) is 0 Å². The number of hydrogen-bond acceptors (Lipinski definition) is 3. The van der Waals surface area contributed by atoms with Gasteiger partial charge in [-0.15, -0.1) is 0 Å². The summed E-state index contributed by atoms with van der Waals surface area (Å²) in [6.07, 6.45) is 0. The third kappa shape index (κ3) is 3.41. The number of nitrogens with zero attached hydrogens (tertiary/aromatic N) is 2. The van der Waals surface area contributed by atoms with Crippen molar-refractivity contribution in [1.82, 2.24) is 15.1 Å². The molecule has 0 fully saturated rings. The summed E-state index contributed by atoms with van der Waals surface area (Å²) in [5.74, 6) is 0.933. The second kappa shape index (κ2) is 6.90. The molecule has 1 N–H and O–H groups in total. The molecule has 4 nitrogen and oxygen atoms in total. The Morgan fingerprint density at radius 1 is 1.30 bits per heavy atom. The van der Waals surface area contributed by atoms with Gasteiger partial charge in [0.2, 0.25) is 0 Å². The Morgan fingerprint density at radius 3 is 2.70 bits per heavy atom. The van der Waals surface area contributed by atoms with E-state index in [0.717, 1.165) is 34.7 Å². The van der Waals surface area contributed by atoms with E-state index in [0.29, 0.717) is 6.61 Å². The van der Waals surface area contributed by atoms with Crippen LogP contribution in [0.1, 0.15) is 17.0 Å². The van der Waals surface area contributed by atoms with Gasteiger partial charge >= 0.3 is 0 Å². The summed E-state index contributed by atoms with van der Waals surface area (Å²) in [5.41, 5.74) is 3.32. The zero-order valence-corrected chi connectivity index (χ0v) is 13.7. The number of aromatic nitrogens is 2. The number of nitrogens with one attached hydrogen (secondary N) is 1. The van der Waals surface area contributed by atoms with Gasteiger partial charge in [0.15, 0.2) is 0 Å². The van der Waals surface area contributed by atoms with Gasteiger partial charge in [-0.05, 0) is 42.9 Å². The molecular formula is C15H20BrN3O. The molecule has 0 aliphatic heterocycles. The molecule has 20 heavy (non-hydrogen) atoms. The zero-order chi connectivity index (χ0) is 14.5. The fraction of sp³-hybridized carbons (Fsp3) is 0.400. The Balaban J connectivity index is 1.97. The molecule has 2 aromatic rings. The van der Waals surface area contributed by atoms with Crippen molar-refractivity contribution < 1.29 is 4.74 Å². The molecule has 0 bridgehead atoms. The van der Waals surface area contributed by atoms with Crippen LogP contribution in [0, 0.1) is 13.8 Å². The lowest BCUT2D eigenvalue weighted by atomic mass is 10.2. The van der Waals surface area contributed by atoms with Gasteiger partial charge in [-0.2, -0.15) is 5.10 Å². The van der Waals surface area contributed by atoms with Crippen molar-refractivity contribution in [3.05, 3.63) is 45.7 Å². The fourth-order valence-corrected chi connectivity index (χ4v) is 2.40. The van der Waals surface area contributed by atoms with Crippen LogP contribution >= 0.6 is 15.9 Å². The average molecular weight is 338 g/mol. The van der Waals surface area contributed by atoms with Gasteiger partial charge in [0, 0.05) is 17.8 Å². The number of benzene rings is 1. The molecule has 0 atom stereocenters. The average Bonchev–Trinajstić information content (AvgIpc) is 2.69. The molecule has 0 aliphatic rings. The van der Waals surface area contributed by atoms with Crippen molar-refractivity contribution in [3.8, 4) is 5.75 Å². The van der Waals surface area contributed by atoms with E-state index in [9.17, 15) is 0 Å². The largest absolute Gasteiger partial charge is 0.491 e. The SMILES string of the molecule is CNCc1ccccc1OCCn1nc(C)c(Br)c1C. The molecule has 0 radical (unpaired) electrons. The normalized spacial score (nSPS) is 10.8. The first kappa shape index (κ1) is 15.1. The zero-order valence-electron chi connectivity index (χ0n) is 12.1. The van der Waals surface area contributed by atoms with Gasteiger partial charge in [0.05, 0.1) is 16.7 Å². The minimum absolute atomic E-state index is 0.606. The van der Waals surface area contributed by atoms with Crippen LogP contribution < -0.4 is 10.1 Å². The van der Waals surface area contributed by atoms with Crippen LogP contribution in [0.4, 0.5) is 0 Å². The molecule has 0 saturated heterocycles. The lowest BCUT2D eigenvalue weighted by molar-refractivity contribution is 0.286. The molecule has 1 heterocycles. The highest BCUT2D eigenvalue weighted by Crippen LogP contribution is 2.20. The van der Waals surface area contributed by atoms with E-state index < -0.39 is 0 Å². The van der Waals surface area contributed by atoms with E-state index in [1.807, 2.05) is 36.9 Å². The monoisotopic (exact) mass is 337 g/mol. The Hall–Kier alpha value is -1.33. The van der Waals surface area contributed by atoms with Gasteiger partial charge in [0.1, 0.15) is 12.4 Å². The predicted molar refractivity (Wildman–Crippen MR) is 84.1 cm³/mol. The smallest absolute Gasteiger partial charge is 0.123 e. The van der Waals surface area contributed by atoms with Crippen molar-refractivity contribution >= 4 is 15.9 Å². The van der Waals surface area contributed by atoms with Crippen molar-refractivity contribution in [2.45, 2.75) is 26.9 Å². The first-order valence-corrected chi connectivity index (χ1v) is 7.47. The van der Waals surface area contributed by atoms with Crippen LogP contribution in [-0.2, 0) is 13.1 Å². The summed E-state index contributed by atoms with van der Waals surface area (Å²) in [6, 6.07) is 8.10. The van der Waals surface area contributed by atoms with E-state index in [4.69, 9.17) is 4.74 Å². The Morgan fingerprint density at radius 2 is 2.05 bits per heavy atom. The molecule has 0 unspecified atom stereocenters. The minimum Gasteiger partial charge on any atom is -0.491 e. The molecule has 0 aliphatic carbocycles. The Labute approximate surface area is 128 Å². The van der Waals surface area contributed by atoms with Crippen molar-refractivity contribution in [2.75, 3.05) is 13.7 Å². The van der Waals surface area contributed by atoms with Crippen molar-refractivity contribution in [1.29, 1.82) is 0 Å². The highest BCUT2D eigenvalue weighted by molar-refractivity contribution is 9.10. The predicted octanol–water partition coefficient (Wildman–Crippen LogP) is 3.06. The molecule has 0 spiro atoms. The summed E-state index contributed by atoms with van der Waals surface area (Å²) in [4.78, 5) is 0. The van der Waals surface area contributed by atoms with Crippen LogP contribution in [0.3, 0.4) is 0 Å². The van der Waals surface area contributed by atoms with E-state index in [1.54, 1.807) is 0 Å². The van der Waals surface area contributed by atoms with Crippen LogP contribution in [0.15, 0.2) is 28.7 Å². The lowest BCUT2D eigenvalue weighted by Crippen LogP contribution is -2.13. The summed E-state index contributed by atoms with van der Waals surface area (Å²) in [5, 5.41) is 7.63. The molecule has 1 aromatic heterocycles. The minimum atomic E-state index is 0.606. The van der Waals surface area contributed by atoms with Gasteiger partial charge in [-0.3, -0.25) is 4.68 Å². The third-order valence-corrected chi connectivity index (χ3v) is 4.34. The number of para-hydroxylation sites is 1. The van der Waals surface area contributed by atoms with Gasteiger partial charge in [-0.1, -0.05) is 18.2 Å². The summed E-state index contributed by atoms with van der Waals surface area (Å²) < 4.78 is 8.93. The first-order chi connectivity index (χ1) is 9.63. The van der Waals surface area contributed by atoms with E-state index >= 15 is 0 Å². The maximum Gasteiger partial charge on any atom is 0.123 e. The van der Waals surface area contributed by atoms with Crippen LogP contribution in [0.5, 0.6) is 5.75 Å². The number of hydrogen-bond donors (Lipinski definition) is 1. The Bertz CT molecular complexity index is 580. The second-order valence-corrected chi connectivity index (χ2v) is 5.49. The lowest BCUT2D eigenvalue weighted by Gasteiger charge is -2.11. The summed E-state index contributed by atoms with van der Waals surface area (Å²) >= 11 is 3.54. The standard InChI is InChI=1S/C15H20BrN3O/c1-11-15(16)12(2)19(18-11)8-9-20-14-7-5-4-6-13(14)10-17-3/h4-7,17H,8-10H2,1-3H3. The van der Waals surface area contributed by atoms with Crippen LogP contribution in [-0.4, -0.2) is 23.4 Å². The molecule has 108 valence electrons. The quantitative estimate of drug-likeness (QED) is 0.880. The maximum absolute atomic E-state index is 5.88. The number of rotatable bonds is 6. The second-order valence-electron chi connectivity index (χ2n) is 4.69. The van der Waals surface area contributed by atoms with Gasteiger partial charge in [-0.25, -0.2) is 0 Å². The van der Waals surface area contributed by atoms with Crippen LogP contribution in [0.2, 0.25) is 0 Å². The number of ether oxygens (including phenoxy) is 1.